The second kappa shape index (κ2) is 5.06. The van der Waals surface area contributed by atoms with Crippen LogP contribution in [0.25, 0.3) is 10.4 Å². The molecule has 0 amide bonds. The summed E-state index contributed by atoms with van der Waals surface area (Å²) < 4.78 is 0. The molecule has 0 saturated heterocycles. The Kier molecular flexibility index (Phi) is 3.49. The molecule has 86 valence electrons. The van der Waals surface area contributed by atoms with Crippen LogP contribution in [0.5, 0.6) is 0 Å². The lowest BCUT2D eigenvalue weighted by Crippen LogP contribution is -2.04. The summed E-state index contributed by atoms with van der Waals surface area (Å²) in [4.78, 5) is 23.7. The minimum atomic E-state index is -0.116. The largest absolute Gasteiger partial charge is 0.300 e. The molecule has 1 aromatic heterocycles. The molecular formula is C14H12O2S. The van der Waals surface area contributed by atoms with Crippen molar-refractivity contribution in [2.45, 2.75) is 13.3 Å². The minimum Gasteiger partial charge on any atom is -0.300 e. The van der Waals surface area contributed by atoms with Crippen LogP contribution >= 0.6 is 11.3 Å². The number of rotatable bonds is 4. The number of thiophene rings is 1. The van der Waals surface area contributed by atoms with Gasteiger partial charge in [-0.3, -0.25) is 9.59 Å². The highest BCUT2D eigenvalue weighted by atomic mass is 32.1. The van der Waals surface area contributed by atoms with Gasteiger partial charge in [-0.25, -0.2) is 0 Å². The van der Waals surface area contributed by atoms with E-state index in [1.54, 1.807) is 23.5 Å². The van der Waals surface area contributed by atoms with Gasteiger partial charge < -0.3 is 0 Å². The Morgan fingerprint density at radius 1 is 1.12 bits per heavy atom. The number of Topliss-reactive ketones (excluding diaryl/α,β-unsaturated/α-hetero) is 2. The number of carbonyl (C=O) groups excluding carboxylic acids is 2. The molecule has 0 aliphatic rings. The topological polar surface area (TPSA) is 34.1 Å². The molecule has 0 spiro atoms. The van der Waals surface area contributed by atoms with Gasteiger partial charge in [-0.1, -0.05) is 30.3 Å². The smallest absolute Gasteiger partial charge is 0.170 e. The highest BCUT2D eigenvalue weighted by molar-refractivity contribution is 7.13. The fraction of sp³-hybridized carbons (Fsp3) is 0.143. The van der Waals surface area contributed by atoms with Crippen LogP contribution in [0, 0.1) is 0 Å². The first-order chi connectivity index (χ1) is 8.16. The summed E-state index contributed by atoms with van der Waals surface area (Å²) in [6.07, 6.45) is -0.0155. The molecule has 0 saturated carbocycles. The van der Waals surface area contributed by atoms with Crippen LogP contribution in [-0.4, -0.2) is 11.6 Å². The predicted octanol–water partition coefficient (Wildman–Crippen LogP) is 3.58. The molecule has 0 radical (unpaired) electrons. The van der Waals surface area contributed by atoms with E-state index in [9.17, 15) is 9.59 Å². The number of ketones is 2. The van der Waals surface area contributed by atoms with E-state index in [4.69, 9.17) is 0 Å². The van der Waals surface area contributed by atoms with Gasteiger partial charge in [0.1, 0.15) is 5.78 Å². The predicted molar refractivity (Wildman–Crippen MR) is 69.4 cm³/mol. The van der Waals surface area contributed by atoms with Crippen LogP contribution in [0.15, 0.2) is 41.8 Å². The Labute approximate surface area is 104 Å². The maximum Gasteiger partial charge on any atom is 0.170 e. The summed E-state index contributed by atoms with van der Waals surface area (Å²) >= 11 is 1.66. The van der Waals surface area contributed by atoms with E-state index in [-0.39, 0.29) is 18.0 Å². The third-order valence-electron chi connectivity index (χ3n) is 2.42. The summed E-state index contributed by atoms with van der Waals surface area (Å²) in [5.74, 6) is -0.215. The number of hydrogen-bond donors (Lipinski definition) is 0. The van der Waals surface area contributed by atoms with Gasteiger partial charge in [0.15, 0.2) is 5.78 Å². The summed E-state index contributed by atoms with van der Waals surface area (Å²) in [5, 5.41) is 2.02. The average Bonchev–Trinajstić information content (AvgIpc) is 2.82. The van der Waals surface area contributed by atoms with Crippen molar-refractivity contribution in [3.05, 3.63) is 47.3 Å². The molecule has 17 heavy (non-hydrogen) atoms. The van der Waals surface area contributed by atoms with Gasteiger partial charge in [0.05, 0.1) is 6.42 Å². The van der Waals surface area contributed by atoms with Crippen molar-refractivity contribution >= 4 is 22.9 Å². The zero-order chi connectivity index (χ0) is 12.3. The maximum absolute atomic E-state index is 11.6. The Hall–Kier alpha value is -1.74. The summed E-state index contributed by atoms with van der Waals surface area (Å²) in [6.45, 7) is 1.43. The molecule has 0 bridgehead atoms. The SMILES string of the molecule is CC(=O)CC(=O)c1ccc(-c2cccs2)cc1. The summed E-state index contributed by atoms with van der Waals surface area (Å²) in [5.41, 5.74) is 1.69. The first-order valence-electron chi connectivity index (χ1n) is 5.33. The summed E-state index contributed by atoms with van der Waals surface area (Å²) in [7, 11) is 0. The van der Waals surface area contributed by atoms with E-state index >= 15 is 0 Å². The van der Waals surface area contributed by atoms with Crippen molar-refractivity contribution in [1.82, 2.24) is 0 Å². The maximum atomic E-state index is 11.6. The molecule has 0 atom stereocenters. The van der Waals surface area contributed by atoms with Crippen molar-refractivity contribution in [3.63, 3.8) is 0 Å². The molecule has 2 rings (SSSR count). The zero-order valence-corrected chi connectivity index (χ0v) is 10.3. The zero-order valence-electron chi connectivity index (χ0n) is 9.47. The normalized spacial score (nSPS) is 10.2. The summed E-state index contributed by atoms with van der Waals surface area (Å²) in [6, 6.07) is 11.4. The second-order valence-electron chi connectivity index (χ2n) is 3.86. The molecule has 1 aromatic carbocycles. The number of benzene rings is 1. The Balaban J connectivity index is 2.19. The lowest BCUT2D eigenvalue weighted by Gasteiger charge is -2.01. The molecule has 2 aromatic rings. The van der Waals surface area contributed by atoms with E-state index in [1.165, 1.54) is 11.8 Å². The molecule has 0 aliphatic heterocycles. The Bertz CT molecular complexity index is 524. The van der Waals surface area contributed by atoms with Gasteiger partial charge in [-0.2, -0.15) is 0 Å². The second-order valence-corrected chi connectivity index (χ2v) is 4.80. The van der Waals surface area contributed by atoms with Crippen molar-refractivity contribution in [2.24, 2.45) is 0 Å². The molecule has 1 heterocycles. The number of carbonyl (C=O) groups is 2. The third-order valence-corrected chi connectivity index (χ3v) is 3.34. The van der Waals surface area contributed by atoms with Crippen LogP contribution in [0.2, 0.25) is 0 Å². The molecule has 0 unspecified atom stereocenters. The van der Waals surface area contributed by atoms with E-state index in [1.807, 2.05) is 29.6 Å². The monoisotopic (exact) mass is 244 g/mol. The lowest BCUT2D eigenvalue weighted by molar-refractivity contribution is -0.116. The van der Waals surface area contributed by atoms with E-state index in [2.05, 4.69) is 0 Å². The molecule has 0 fully saturated rings. The van der Waals surface area contributed by atoms with Gasteiger partial charge >= 0.3 is 0 Å². The van der Waals surface area contributed by atoms with Gasteiger partial charge in [-0.15, -0.1) is 11.3 Å². The van der Waals surface area contributed by atoms with Crippen LogP contribution in [-0.2, 0) is 4.79 Å². The number of hydrogen-bond acceptors (Lipinski definition) is 3. The minimum absolute atomic E-state index is 0.0155. The fourth-order valence-corrected chi connectivity index (χ4v) is 2.32. The Morgan fingerprint density at radius 2 is 1.82 bits per heavy atom. The molecule has 2 nitrogen and oxygen atoms in total. The van der Waals surface area contributed by atoms with Crippen molar-refractivity contribution in [2.75, 3.05) is 0 Å². The lowest BCUT2D eigenvalue weighted by atomic mass is 10.0. The first kappa shape index (κ1) is 11.7. The highest BCUT2D eigenvalue weighted by Gasteiger charge is 2.08. The first-order valence-corrected chi connectivity index (χ1v) is 6.21. The van der Waals surface area contributed by atoms with Crippen LogP contribution in [0.4, 0.5) is 0 Å². The highest BCUT2D eigenvalue weighted by Crippen LogP contribution is 2.24. The molecule has 3 heteroatoms. The van der Waals surface area contributed by atoms with E-state index < -0.39 is 0 Å². The fourth-order valence-electron chi connectivity index (χ4n) is 1.59. The van der Waals surface area contributed by atoms with Gasteiger partial charge in [0.2, 0.25) is 0 Å². The van der Waals surface area contributed by atoms with Crippen molar-refractivity contribution in [1.29, 1.82) is 0 Å². The Morgan fingerprint density at radius 3 is 2.35 bits per heavy atom. The van der Waals surface area contributed by atoms with E-state index in [0.29, 0.717) is 5.56 Å². The standard InChI is InChI=1S/C14H12O2S/c1-10(15)9-13(16)11-4-6-12(7-5-11)14-3-2-8-17-14/h2-8H,9H2,1H3. The van der Waals surface area contributed by atoms with Gasteiger partial charge in [0.25, 0.3) is 0 Å². The van der Waals surface area contributed by atoms with E-state index in [0.717, 1.165) is 5.56 Å². The van der Waals surface area contributed by atoms with Crippen LogP contribution in [0.1, 0.15) is 23.7 Å². The van der Waals surface area contributed by atoms with Crippen molar-refractivity contribution < 1.29 is 9.59 Å². The average molecular weight is 244 g/mol. The van der Waals surface area contributed by atoms with Gasteiger partial charge in [0, 0.05) is 10.4 Å². The molecule has 0 N–H and O–H groups in total. The third kappa shape index (κ3) is 2.88. The van der Waals surface area contributed by atoms with Crippen molar-refractivity contribution in [3.8, 4) is 10.4 Å². The van der Waals surface area contributed by atoms with Crippen LogP contribution < -0.4 is 0 Å². The van der Waals surface area contributed by atoms with Gasteiger partial charge in [-0.05, 0) is 23.9 Å². The molecular weight excluding hydrogens is 232 g/mol. The van der Waals surface area contributed by atoms with Crippen LogP contribution in [0.3, 0.4) is 0 Å². The quantitative estimate of drug-likeness (QED) is 0.608. The molecule has 0 aliphatic carbocycles.